The molecule has 1 aromatic rings. The minimum atomic E-state index is -0.0776. The molecule has 1 saturated heterocycles. The van der Waals surface area contributed by atoms with Crippen molar-refractivity contribution in [3.63, 3.8) is 0 Å². The fraction of sp³-hybridized carbons (Fsp3) is 0.800. The van der Waals surface area contributed by atoms with Crippen molar-refractivity contribution in [3.8, 4) is 0 Å². The molecule has 0 spiro atoms. The van der Waals surface area contributed by atoms with Crippen LogP contribution in [0.4, 0.5) is 5.95 Å². The van der Waals surface area contributed by atoms with Crippen LogP contribution < -0.4 is 5.73 Å². The number of aliphatic hydroxyl groups is 1. The lowest BCUT2D eigenvalue weighted by atomic mass is 9.76. The number of aryl methyl sites for hydroxylation is 1. The standard InChI is InChI=1S/C15H25N5O2/c16-14-17-12(18-19-14)4-5-13(22)20-7-1-6-15(9-20,10-21)8-11-2-3-11/h11,21H,1-10H2,(H3,16,17,18,19). The van der Waals surface area contributed by atoms with Crippen LogP contribution in [-0.4, -0.2) is 50.8 Å². The second-order valence-electron chi connectivity index (χ2n) is 6.86. The SMILES string of the molecule is Nc1n[nH]c(CCC(=O)N2CCCC(CO)(CC3CC3)C2)n1. The Hall–Kier alpha value is -1.63. The van der Waals surface area contributed by atoms with Crippen molar-refractivity contribution < 1.29 is 9.90 Å². The summed E-state index contributed by atoms with van der Waals surface area (Å²) >= 11 is 0. The predicted molar refractivity (Wildman–Crippen MR) is 81.8 cm³/mol. The van der Waals surface area contributed by atoms with Crippen LogP contribution in [0.15, 0.2) is 0 Å². The number of likely N-dealkylation sites (tertiary alicyclic amines) is 1. The molecule has 1 saturated carbocycles. The zero-order valence-corrected chi connectivity index (χ0v) is 12.9. The molecule has 7 nitrogen and oxygen atoms in total. The number of nitrogens with two attached hydrogens (primary N) is 1. The lowest BCUT2D eigenvalue weighted by Crippen LogP contribution is -2.48. The number of amides is 1. The van der Waals surface area contributed by atoms with E-state index >= 15 is 0 Å². The largest absolute Gasteiger partial charge is 0.396 e. The third-order valence-corrected chi connectivity index (χ3v) is 4.89. The van der Waals surface area contributed by atoms with Crippen LogP contribution in [0, 0.1) is 11.3 Å². The van der Waals surface area contributed by atoms with Crippen molar-refractivity contribution in [1.82, 2.24) is 20.1 Å². The van der Waals surface area contributed by atoms with Crippen LogP contribution >= 0.6 is 0 Å². The molecular formula is C15H25N5O2. The van der Waals surface area contributed by atoms with Crippen LogP contribution in [0.5, 0.6) is 0 Å². The third-order valence-electron chi connectivity index (χ3n) is 4.89. The Morgan fingerprint density at radius 3 is 2.95 bits per heavy atom. The summed E-state index contributed by atoms with van der Waals surface area (Å²) in [4.78, 5) is 18.4. The monoisotopic (exact) mass is 307 g/mol. The molecule has 22 heavy (non-hydrogen) atoms. The number of nitrogens with one attached hydrogen (secondary N) is 1. The molecule has 0 aromatic carbocycles. The quantitative estimate of drug-likeness (QED) is 0.717. The van der Waals surface area contributed by atoms with Gasteiger partial charge in [0, 0.05) is 31.3 Å². The molecule has 1 aromatic heterocycles. The van der Waals surface area contributed by atoms with Gasteiger partial charge in [0.25, 0.3) is 0 Å². The lowest BCUT2D eigenvalue weighted by molar-refractivity contribution is -0.135. The van der Waals surface area contributed by atoms with Gasteiger partial charge in [-0.3, -0.25) is 9.89 Å². The zero-order valence-electron chi connectivity index (χ0n) is 12.9. The summed E-state index contributed by atoms with van der Waals surface area (Å²) in [6.45, 7) is 1.67. The third kappa shape index (κ3) is 3.58. The fourth-order valence-corrected chi connectivity index (χ4v) is 3.52. The number of piperidine rings is 1. The fourth-order valence-electron chi connectivity index (χ4n) is 3.52. The van der Waals surface area contributed by atoms with E-state index in [1.165, 1.54) is 12.8 Å². The number of anilines is 1. The highest BCUT2D eigenvalue weighted by Crippen LogP contribution is 2.44. The van der Waals surface area contributed by atoms with E-state index in [-0.39, 0.29) is 23.9 Å². The van der Waals surface area contributed by atoms with Crippen molar-refractivity contribution in [2.45, 2.75) is 44.9 Å². The second-order valence-corrected chi connectivity index (χ2v) is 6.86. The summed E-state index contributed by atoms with van der Waals surface area (Å²) in [6, 6.07) is 0. The topological polar surface area (TPSA) is 108 Å². The summed E-state index contributed by atoms with van der Waals surface area (Å²) < 4.78 is 0. The van der Waals surface area contributed by atoms with E-state index in [0.29, 0.717) is 25.2 Å². The average molecular weight is 307 g/mol. The first-order valence-corrected chi connectivity index (χ1v) is 8.16. The molecule has 4 N–H and O–H groups in total. The number of carbonyl (C=O) groups is 1. The van der Waals surface area contributed by atoms with E-state index in [1.807, 2.05) is 4.90 Å². The number of hydrogen-bond donors (Lipinski definition) is 3. The highest BCUT2D eigenvalue weighted by Gasteiger charge is 2.40. The van der Waals surface area contributed by atoms with Crippen molar-refractivity contribution in [2.75, 3.05) is 25.4 Å². The number of H-pyrrole nitrogens is 1. The number of aromatic amines is 1. The Morgan fingerprint density at radius 2 is 2.32 bits per heavy atom. The lowest BCUT2D eigenvalue weighted by Gasteiger charge is -2.42. The zero-order chi connectivity index (χ0) is 15.6. The molecule has 1 unspecified atom stereocenters. The minimum Gasteiger partial charge on any atom is -0.396 e. The van der Waals surface area contributed by atoms with Gasteiger partial charge in [0.1, 0.15) is 5.82 Å². The van der Waals surface area contributed by atoms with Crippen molar-refractivity contribution in [2.24, 2.45) is 11.3 Å². The molecule has 1 amide bonds. The summed E-state index contributed by atoms with van der Waals surface area (Å²) in [5.41, 5.74) is 5.38. The number of hydrogen-bond acceptors (Lipinski definition) is 5. The Balaban J connectivity index is 1.54. The van der Waals surface area contributed by atoms with Gasteiger partial charge >= 0.3 is 0 Å². The molecule has 1 atom stereocenters. The van der Waals surface area contributed by atoms with Gasteiger partial charge in [0.15, 0.2) is 0 Å². The Kier molecular flexibility index (Phi) is 4.33. The van der Waals surface area contributed by atoms with E-state index in [9.17, 15) is 9.90 Å². The van der Waals surface area contributed by atoms with Gasteiger partial charge in [-0.05, 0) is 25.2 Å². The molecule has 7 heteroatoms. The first-order valence-electron chi connectivity index (χ1n) is 8.16. The van der Waals surface area contributed by atoms with E-state index < -0.39 is 0 Å². The molecule has 1 aliphatic heterocycles. The average Bonchev–Trinajstić information content (AvgIpc) is 3.24. The molecule has 2 fully saturated rings. The van der Waals surface area contributed by atoms with Gasteiger partial charge in [-0.1, -0.05) is 12.8 Å². The van der Waals surface area contributed by atoms with Crippen molar-refractivity contribution in [1.29, 1.82) is 0 Å². The maximum atomic E-state index is 12.4. The first kappa shape index (κ1) is 15.3. The van der Waals surface area contributed by atoms with E-state index in [2.05, 4.69) is 15.2 Å². The van der Waals surface area contributed by atoms with E-state index in [1.54, 1.807) is 0 Å². The molecule has 122 valence electrons. The molecule has 3 rings (SSSR count). The molecule has 0 radical (unpaired) electrons. The van der Waals surface area contributed by atoms with Crippen LogP contribution in [0.25, 0.3) is 0 Å². The van der Waals surface area contributed by atoms with E-state index in [4.69, 9.17) is 5.73 Å². The van der Waals surface area contributed by atoms with Crippen LogP contribution in [0.2, 0.25) is 0 Å². The summed E-state index contributed by atoms with van der Waals surface area (Å²) in [7, 11) is 0. The highest BCUT2D eigenvalue weighted by atomic mass is 16.3. The van der Waals surface area contributed by atoms with Gasteiger partial charge < -0.3 is 15.7 Å². The van der Waals surface area contributed by atoms with Gasteiger partial charge in [0.05, 0.1) is 6.61 Å². The van der Waals surface area contributed by atoms with Gasteiger partial charge in [-0.2, -0.15) is 4.98 Å². The first-order chi connectivity index (χ1) is 10.6. The Labute approximate surface area is 130 Å². The molecule has 1 aliphatic carbocycles. The Bertz CT molecular complexity index is 528. The van der Waals surface area contributed by atoms with Gasteiger partial charge in [0.2, 0.25) is 11.9 Å². The maximum absolute atomic E-state index is 12.4. The second kappa shape index (κ2) is 6.24. The number of carbonyl (C=O) groups excluding carboxylic acids is 1. The maximum Gasteiger partial charge on any atom is 0.239 e. The summed E-state index contributed by atoms with van der Waals surface area (Å²) in [6.07, 6.45) is 6.56. The molecule has 2 aliphatic rings. The van der Waals surface area contributed by atoms with E-state index in [0.717, 1.165) is 31.7 Å². The number of nitrogens with zero attached hydrogens (tertiary/aromatic N) is 3. The smallest absolute Gasteiger partial charge is 0.239 e. The number of nitrogen functional groups attached to an aromatic ring is 1. The molecule has 0 bridgehead atoms. The number of aliphatic hydroxyl groups excluding tert-OH is 1. The van der Waals surface area contributed by atoms with Gasteiger partial charge in [-0.25, -0.2) is 0 Å². The number of rotatable bonds is 6. The van der Waals surface area contributed by atoms with Crippen LogP contribution in [0.3, 0.4) is 0 Å². The normalized spacial score (nSPS) is 25.4. The predicted octanol–water partition coefficient (Wildman–Crippen LogP) is 0.721. The van der Waals surface area contributed by atoms with Crippen molar-refractivity contribution in [3.05, 3.63) is 5.82 Å². The van der Waals surface area contributed by atoms with Crippen LogP contribution in [0.1, 0.15) is 44.3 Å². The Morgan fingerprint density at radius 1 is 1.50 bits per heavy atom. The van der Waals surface area contributed by atoms with Crippen LogP contribution in [-0.2, 0) is 11.2 Å². The molecule has 2 heterocycles. The summed E-state index contributed by atoms with van der Waals surface area (Å²) in [5.74, 6) is 1.75. The highest BCUT2D eigenvalue weighted by molar-refractivity contribution is 5.76. The minimum absolute atomic E-state index is 0.0776. The van der Waals surface area contributed by atoms with Crippen molar-refractivity contribution >= 4 is 11.9 Å². The number of aromatic nitrogens is 3. The summed E-state index contributed by atoms with van der Waals surface area (Å²) in [5, 5.41) is 16.3. The molecular weight excluding hydrogens is 282 g/mol. The van der Waals surface area contributed by atoms with Gasteiger partial charge in [-0.15, -0.1) is 5.10 Å².